The van der Waals surface area contributed by atoms with Gasteiger partial charge in [0.25, 0.3) is 0 Å². The van der Waals surface area contributed by atoms with E-state index in [2.05, 4.69) is 20.5 Å². The number of hydrogen-bond donors (Lipinski definition) is 2. The van der Waals surface area contributed by atoms with E-state index in [9.17, 15) is 0 Å². The van der Waals surface area contributed by atoms with Gasteiger partial charge in [0, 0.05) is 19.5 Å². The number of aryl methyl sites for hydroxylation is 2. The Morgan fingerprint density at radius 3 is 2.88 bits per heavy atom. The Morgan fingerprint density at radius 1 is 1.47 bits per heavy atom. The summed E-state index contributed by atoms with van der Waals surface area (Å²) < 4.78 is 7.21. The van der Waals surface area contributed by atoms with Crippen molar-refractivity contribution in [2.75, 3.05) is 5.43 Å². The van der Waals surface area contributed by atoms with Crippen LogP contribution < -0.4 is 16.0 Å². The molecular formula is C10H14N6O. The summed E-state index contributed by atoms with van der Waals surface area (Å²) in [6, 6.07) is 1.63. The fraction of sp³-hybridized carbons (Fsp3) is 0.300. The van der Waals surface area contributed by atoms with Gasteiger partial charge < -0.3 is 10.2 Å². The lowest BCUT2D eigenvalue weighted by molar-refractivity contribution is 0.458. The van der Waals surface area contributed by atoms with E-state index >= 15 is 0 Å². The van der Waals surface area contributed by atoms with Crippen LogP contribution in [0.25, 0.3) is 0 Å². The Kier molecular flexibility index (Phi) is 3.20. The van der Waals surface area contributed by atoms with E-state index in [1.807, 2.05) is 14.0 Å². The van der Waals surface area contributed by atoms with Crippen molar-refractivity contribution in [3.8, 4) is 11.6 Å². The zero-order valence-corrected chi connectivity index (χ0v) is 9.71. The number of ether oxygens (including phenoxy) is 1. The van der Waals surface area contributed by atoms with Crippen molar-refractivity contribution in [2.24, 2.45) is 12.9 Å². The Morgan fingerprint density at radius 2 is 2.29 bits per heavy atom. The predicted octanol–water partition coefficient (Wildman–Crippen LogP) is 0.850. The second kappa shape index (κ2) is 4.79. The molecule has 0 aliphatic carbocycles. The largest absolute Gasteiger partial charge is 0.436 e. The molecule has 0 saturated carbocycles. The molecule has 0 radical (unpaired) electrons. The van der Waals surface area contributed by atoms with E-state index in [1.165, 1.54) is 0 Å². The molecule has 7 nitrogen and oxygen atoms in total. The highest BCUT2D eigenvalue weighted by Gasteiger charge is 2.06. The minimum absolute atomic E-state index is 0.442. The lowest BCUT2D eigenvalue weighted by atomic mass is 10.4. The number of nitrogens with one attached hydrogen (secondary N) is 1. The molecule has 0 spiro atoms. The standard InChI is InChI=1S/C10H14N6O/c1-3-8-13-9(15-11)4-10(14-8)17-7-5-12-16(2)6-7/h4-6H,3,11H2,1-2H3,(H,13,14,15). The molecule has 2 rings (SSSR count). The molecule has 0 saturated heterocycles. The molecular weight excluding hydrogens is 220 g/mol. The van der Waals surface area contributed by atoms with Gasteiger partial charge in [-0.25, -0.2) is 10.8 Å². The van der Waals surface area contributed by atoms with Gasteiger partial charge in [0.05, 0.1) is 12.4 Å². The van der Waals surface area contributed by atoms with Crippen LogP contribution in [0, 0.1) is 0 Å². The van der Waals surface area contributed by atoms with Crippen LogP contribution in [0.15, 0.2) is 18.5 Å². The fourth-order valence-electron chi connectivity index (χ4n) is 1.33. The second-order valence-electron chi connectivity index (χ2n) is 3.46. The highest BCUT2D eigenvalue weighted by atomic mass is 16.5. The molecule has 90 valence electrons. The Balaban J connectivity index is 2.25. The van der Waals surface area contributed by atoms with E-state index in [1.54, 1.807) is 23.1 Å². The van der Waals surface area contributed by atoms with Gasteiger partial charge in [-0.05, 0) is 0 Å². The number of nitrogen functional groups attached to an aromatic ring is 1. The normalized spacial score (nSPS) is 10.3. The monoisotopic (exact) mass is 234 g/mol. The molecule has 0 amide bonds. The first-order valence-electron chi connectivity index (χ1n) is 5.22. The summed E-state index contributed by atoms with van der Waals surface area (Å²) in [5, 5.41) is 4.01. The van der Waals surface area contributed by atoms with Crippen molar-refractivity contribution in [1.29, 1.82) is 0 Å². The predicted molar refractivity (Wildman–Crippen MR) is 62.5 cm³/mol. The maximum Gasteiger partial charge on any atom is 0.224 e. The summed E-state index contributed by atoms with van der Waals surface area (Å²) >= 11 is 0. The lowest BCUT2D eigenvalue weighted by Crippen LogP contribution is -2.10. The topological polar surface area (TPSA) is 90.9 Å². The van der Waals surface area contributed by atoms with Crippen LogP contribution >= 0.6 is 0 Å². The fourth-order valence-corrected chi connectivity index (χ4v) is 1.33. The average molecular weight is 234 g/mol. The van der Waals surface area contributed by atoms with Crippen LogP contribution in [-0.2, 0) is 13.5 Å². The number of nitrogens with two attached hydrogens (primary N) is 1. The Hall–Kier alpha value is -2.15. The Bertz CT molecular complexity index is 487. The van der Waals surface area contributed by atoms with Gasteiger partial charge in [-0.15, -0.1) is 0 Å². The molecule has 0 fully saturated rings. The minimum Gasteiger partial charge on any atom is -0.436 e. The summed E-state index contributed by atoms with van der Waals surface area (Å²) in [7, 11) is 1.82. The molecule has 2 aromatic heterocycles. The van der Waals surface area contributed by atoms with Gasteiger partial charge in [-0.3, -0.25) is 4.68 Å². The van der Waals surface area contributed by atoms with Crippen molar-refractivity contribution in [3.05, 3.63) is 24.3 Å². The smallest absolute Gasteiger partial charge is 0.224 e. The Labute approximate surface area is 98.6 Å². The zero-order chi connectivity index (χ0) is 12.3. The van der Waals surface area contributed by atoms with E-state index in [-0.39, 0.29) is 0 Å². The van der Waals surface area contributed by atoms with Crippen molar-refractivity contribution >= 4 is 5.82 Å². The molecule has 2 heterocycles. The van der Waals surface area contributed by atoms with Crippen molar-refractivity contribution < 1.29 is 4.74 Å². The van der Waals surface area contributed by atoms with Gasteiger partial charge in [0.1, 0.15) is 11.6 Å². The van der Waals surface area contributed by atoms with Gasteiger partial charge in [-0.2, -0.15) is 10.1 Å². The number of aromatic nitrogens is 4. The second-order valence-corrected chi connectivity index (χ2v) is 3.46. The van der Waals surface area contributed by atoms with E-state index < -0.39 is 0 Å². The summed E-state index contributed by atoms with van der Waals surface area (Å²) in [4.78, 5) is 8.41. The quantitative estimate of drug-likeness (QED) is 0.602. The maximum atomic E-state index is 5.55. The summed E-state index contributed by atoms with van der Waals surface area (Å²) in [5.41, 5.74) is 2.48. The van der Waals surface area contributed by atoms with E-state index in [0.29, 0.717) is 29.7 Å². The maximum absolute atomic E-state index is 5.55. The highest BCUT2D eigenvalue weighted by Crippen LogP contribution is 2.20. The summed E-state index contributed by atoms with van der Waals surface area (Å²) in [5.74, 6) is 7.58. The first-order chi connectivity index (χ1) is 8.21. The molecule has 0 aromatic carbocycles. The van der Waals surface area contributed by atoms with Gasteiger partial charge in [0.15, 0.2) is 5.75 Å². The van der Waals surface area contributed by atoms with Crippen LogP contribution in [0.3, 0.4) is 0 Å². The van der Waals surface area contributed by atoms with Crippen molar-refractivity contribution in [3.63, 3.8) is 0 Å². The minimum atomic E-state index is 0.442. The number of hydrazine groups is 1. The zero-order valence-electron chi connectivity index (χ0n) is 9.71. The van der Waals surface area contributed by atoms with Crippen LogP contribution in [0.2, 0.25) is 0 Å². The molecule has 0 atom stereocenters. The number of anilines is 1. The molecule has 3 N–H and O–H groups in total. The number of hydrogen-bond acceptors (Lipinski definition) is 6. The van der Waals surface area contributed by atoms with Gasteiger partial charge in [0.2, 0.25) is 5.88 Å². The third-order valence-electron chi connectivity index (χ3n) is 2.12. The molecule has 2 aromatic rings. The lowest BCUT2D eigenvalue weighted by Gasteiger charge is -2.06. The first-order valence-corrected chi connectivity index (χ1v) is 5.22. The number of nitrogens with zero attached hydrogens (tertiary/aromatic N) is 4. The molecule has 0 aliphatic heterocycles. The SMILES string of the molecule is CCc1nc(NN)cc(Oc2cnn(C)c2)n1. The van der Waals surface area contributed by atoms with E-state index in [0.717, 1.165) is 0 Å². The number of rotatable bonds is 4. The average Bonchev–Trinajstić information content (AvgIpc) is 2.74. The highest BCUT2D eigenvalue weighted by molar-refractivity contribution is 5.38. The van der Waals surface area contributed by atoms with Crippen LogP contribution in [0.4, 0.5) is 5.82 Å². The molecule has 0 aliphatic rings. The summed E-state index contributed by atoms with van der Waals surface area (Å²) in [6.07, 6.45) is 4.07. The third-order valence-corrected chi connectivity index (χ3v) is 2.12. The van der Waals surface area contributed by atoms with Crippen LogP contribution in [-0.4, -0.2) is 19.7 Å². The van der Waals surface area contributed by atoms with Crippen LogP contribution in [0.1, 0.15) is 12.7 Å². The van der Waals surface area contributed by atoms with E-state index in [4.69, 9.17) is 10.6 Å². The van der Waals surface area contributed by atoms with Crippen LogP contribution in [0.5, 0.6) is 11.6 Å². The molecule has 0 unspecified atom stereocenters. The third kappa shape index (κ3) is 2.70. The first kappa shape index (κ1) is 11.3. The van der Waals surface area contributed by atoms with Crippen molar-refractivity contribution in [2.45, 2.75) is 13.3 Å². The molecule has 7 heteroatoms. The van der Waals surface area contributed by atoms with Crippen molar-refractivity contribution in [1.82, 2.24) is 19.7 Å². The molecule has 0 bridgehead atoms. The van der Waals surface area contributed by atoms with Gasteiger partial charge >= 0.3 is 0 Å². The summed E-state index contributed by atoms with van der Waals surface area (Å²) in [6.45, 7) is 1.96. The molecule has 17 heavy (non-hydrogen) atoms. The van der Waals surface area contributed by atoms with Gasteiger partial charge in [-0.1, -0.05) is 6.92 Å².